The molecular formula is C8H9NO. The normalized spacial score (nSPS) is 9.90. The van der Waals surface area contributed by atoms with Gasteiger partial charge >= 0.3 is 0 Å². The molecule has 1 heterocycles. The molecule has 0 saturated carbocycles. The van der Waals surface area contributed by atoms with E-state index < -0.39 is 0 Å². The summed E-state index contributed by atoms with van der Waals surface area (Å²) in [6, 6.07) is 7.18. The molecule has 2 heteroatoms. The van der Waals surface area contributed by atoms with Crippen molar-refractivity contribution in [2.24, 2.45) is 0 Å². The number of rotatable bonds is 2. The van der Waals surface area contributed by atoms with E-state index in [0.717, 1.165) is 0 Å². The maximum atomic E-state index is 5.22. The number of pyridine rings is 1. The molecule has 2 radical (unpaired) electrons. The van der Waals surface area contributed by atoms with Gasteiger partial charge in [-0.3, -0.25) is 0 Å². The van der Waals surface area contributed by atoms with Crippen LogP contribution in [0.5, 0.6) is 5.88 Å². The van der Waals surface area contributed by atoms with Crippen molar-refractivity contribution >= 4 is 0 Å². The molecule has 0 atom stereocenters. The van der Waals surface area contributed by atoms with Gasteiger partial charge in [0.25, 0.3) is 0 Å². The lowest BCUT2D eigenvalue weighted by atomic mass is 10.4. The standard InChI is InChI=1S/C8H9NO/c1-7(2)10-8-5-3-4-6-9-8/h4,6-7H,1-2H3. The first-order chi connectivity index (χ1) is 4.79. The van der Waals surface area contributed by atoms with Crippen LogP contribution in [0.25, 0.3) is 0 Å². The first kappa shape index (κ1) is 7.06. The van der Waals surface area contributed by atoms with Gasteiger partial charge in [-0.1, -0.05) is 0 Å². The van der Waals surface area contributed by atoms with Gasteiger partial charge < -0.3 is 4.74 Å². The molecular weight excluding hydrogens is 126 g/mol. The summed E-state index contributed by atoms with van der Waals surface area (Å²) in [7, 11) is 0. The van der Waals surface area contributed by atoms with Crippen molar-refractivity contribution in [3.05, 3.63) is 24.4 Å². The maximum Gasteiger partial charge on any atom is 0.222 e. The van der Waals surface area contributed by atoms with Gasteiger partial charge in [-0.15, -0.1) is 0 Å². The molecule has 0 aliphatic rings. The second-order valence-electron chi connectivity index (χ2n) is 2.19. The van der Waals surface area contributed by atoms with Crippen molar-refractivity contribution < 1.29 is 4.74 Å². The van der Waals surface area contributed by atoms with Crippen LogP contribution < -0.4 is 4.74 Å². The van der Waals surface area contributed by atoms with Gasteiger partial charge in [0.15, 0.2) is 0 Å². The van der Waals surface area contributed by atoms with Crippen LogP contribution in [0.2, 0.25) is 0 Å². The Hall–Kier alpha value is -1.05. The Balaban J connectivity index is 2.59. The van der Waals surface area contributed by atoms with Gasteiger partial charge in [-0.2, -0.15) is 0 Å². The zero-order chi connectivity index (χ0) is 7.40. The molecule has 1 aromatic rings. The highest BCUT2D eigenvalue weighted by atomic mass is 16.5. The smallest absolute Gasteiger partial charge is 0.222 e. The average Bonchev–Trinajstić information content (AvgIpc) is 1.88. The molecule has 0 aliphatic heterocycles. The summed E-state index contributed by atoms with van der Waals surface area (Å²) >= 11 is 0. The van der Waals surface area contributed by atoms with Crippen molar-refractivity contribution in [3.8, 4) is 5.88 Å². The number of ether oxygens (including phenoxy) is 1. The number of hydrogen-bond acceptors (Lipinski definition) is 2. The number of aromatic nitrogens is 1. The highest BCUT2D eigenvalue weighted by Crippen LogP contribution is 2.03. The second kappa shape index (κ2) is 3.20. The van der Waals surface area contributed by atoms with E-state index in [9.17, 15) is 0 Å². The van der Waals surface area contributed by atoms with E-state index in [0.29, 0.717) is 5.88 Å². The van der Waals surface area contributed by atoms with Gasteiger partial charge in [0.1, 0.15) is 0 Å². The Morgan fingerprint density at radius 3 is 2.90 bits per heavy atom. The van der Waals surface area contributed by atoms with E-state index in [1.165, 1.54) is 0 Å². The zero-order valence-corrected chi connectivity index (χ0v) is 6.09. The van der Waals surface area contributed by atoms with E-state index in [4.69, 9.17) is 4.74 Å². The summed E-state index contributed by atoms with van der Waals surface area (Å²) in [5.41, 5.74) is 0. The van der Waals surface area contributed by atoms with Crippen molar-refractivity contribution in [1.29, 1.82) is 0 Å². The second-order valence-corrected chi connectivity index (χ2v) is 2.19. The highest BCUT2D eigenvalue weighted by Gasteiger charge is 1.95. The molecule has 2 nitrogen and oxygen atoms in total. The van der Waals surface area contributed by atoms with Gasteiger partial charge in [0.2, 0.25) is 5.88 Å². The molecule has 0 fully saturated rings. The summed E-state index contributed by atoms with van der Waals surface area (Å²) in [5.74, 6) is 0.512. The summed E-state index contributed by atoms with van der Waals surface area (Å²) in [4.78, 5) is 3.91. The lowest BCUT2D eigenvalue weighted by Gasteiger charge is -2.05. The van der Waals surface area contributed by atoms with E-state index >= 15 is 0 Å². The topological polar surface area (TPSA) is 22.1 Å². The van der Waals surface area contributed by atoms with Crippen LogP contribution in [0.3, 0.4) is 0 Å². The van der Waals surface area contributed by atoms with E-state index in [-0.39, 0.29) is 6.10 Å². The minimum Gasteiger partial charge on any atom is -0.474 e. The molecule has 52 valence electrons. The van der Waals surface area contributed by atoms with Crippen LogP contribution in [0.4, 0.5) is 0 Å². The third-order valence-electron chi connectivity index (χ3n) is 0.876. The van der Waals surface area contributed by atoms with Crippen molar-refractivity contribution in [1.82, 2.24) is 4.98 Å². The Kier molecular flexibility index (Phi) is 2.26. The van der Waals surface area contributed by atoms with E-state index in [1.807, 2.05) is 13.8 Å². The maximum absolute atomic E-state index is 5.22. The lowest BCUT2D eigenvalue weighted by Crippen LogP contribution is -2.06. The Morgan fingerprint density at radius 2 is 2.40 bits per heavy atom. The molecule has 0 amide bonds. The molecule has 0 unspecified atom stereocenters. The van der Waals surface area contributed by atoms with Crippen molar-refractivity contribution in [2.45, 2.75) is 20.0 Å². The van der Waals surface area contributed by atoms with Gasteiger partial charge in [0, 0.05) is 6.20 Å². The predicted octanol–water partition coefficient (Wildman–Crippen LogP) is 1.47. The van der Waals surface area contributed by atoms with E-state index in [1.54, 1.807) is 12.3 Å². The molecule has 0 N–H and O–H groups in total. The van der Waals surface area contributed by atoms with Crippen molar-refractivity contribution in [3.63, 3.8) is 0 Å². The third-order valence-corrected chi connectivity index (χ3v) is 0.876. The fraction of sp³-hybridized carbons (Fsp3) is 0.375. The minimum atomic E-state index is 0.152. The Bertz CT molecular complexity index is 184. The van der Waals surface area contributed by atoms with Crippen LogP contribution in [-0.4, -0.2) is 11.1 Å². The average molecular weight is 135 g/mol. The van der Waals surface area contributed by atoms with Crippen LogP contribution in [-0.2, 0) is 0 Å². The van der Waals surface area contributed by atoms with Crippen LogP contribution in [0.15, 0.2) is 12.3 Å². The van der Waals surface area contributed by atoms with Crippen LogP contribution in [0, 0.1) is 12.1 Å². The molecule has 10 heavy (non-hydrogen) atoms. The molecule has 0 spiro atoms. The zero-order valence-electron chi connectivity index (χ0n) is 6.09. The quantitative estimate of drug-likeness (QED) is 0.612. The Labute approximate surface area is 60.9 Å². The first-order valence-corrected chi connectivity index (χ1v) is 3.20. The lowest BCUT2D eigenvalue weighted by molar-refractivity contribution is 0.232. The molecule has 0 saturated heterocycles. The third kappa shape index (κ3) is 2.05. The van der Waals surface area contributed by atoms with E-state index in [2.05, 4.69) is 17.1 Å². The van der Waals surface area contributed by atoms with Crippen LogP contribution >= 0.6 is 0 Å². The van der Waals surface area contributed by atoms with Crippen LogP contribution in [0.1, 0.15) is 13.8 Å². The minimum absolute atomic E-state index is 0.152. The summed E-state index contributed by atoms with van der Waals surface area (Å²) in [5, 5.41) is 0. The SMILES string of the molecule is CC(C)Oc1[c][c]ccn1. The molecule has 0 aliphatic carbocycles. The van der Waals surface area contributed by atoms with Crippen molar-refractivity contribution in [2.75, 3.05) is 0 Å². The highest BCUT2D eigenvalue weighted by molar-refractivity contribution is 5.05. The van der Waals surface area contributed by atoms with Gasteiger partial charge in [-0.05, 0) is 26.0 Å². The number of nitrogens with zero attached hydrogens (tertiary/aromatic N) is 1. The monoisotopic (exact) mass is 135 g/mol. The largest absolute Gasteiger partial charge is 0.474 e. The van der Waals surface area contributed by atoms with Gasteiger partial charge in [0.05, 0.1) is 12.2 Å². The molecule has 1 aromatic heterocycles. The summed E-state index contributed by atoms with van der Waals surface area (Å²) in [6.07, 6.45) is 1.79. The molecule has 1 rings (SSSR count). The fourth-order valence-electron chi connectivity index (χ4n) is 0.561. The predicted molar refractivity (Wildman–Crippen MR) is 37.7 cm³/mol. The summed E-state index contributed by atoms with van der Waals surface area (Å²) < 4.78 is 5.22. The Morgan fingerprint density at radius 1 is 1.60 bits per heavy atom. The first-order valence-electron chi connectivity index (χ1n) is 3.20. The number of hydrogen-bond donors (Lipinski definition) is 0. The van der Waals surface area contributed by atoms with Gasteiger partial charge in [-0.25, -0.2) is 4.98 Å². The summed E-state index contributed by atoms with van der Waals surface area (Å²) in [6.45, 7) is 3.89. The molecule has 0 aromatic carbocycles. The molecule has 0 bridgehead atoms. The fourth-order valence-corrected chi connectivity index (χ4v) is 0.561.